The van der Waals surface area contributed by atoms with Crippen molar-refractivity contribution in [1.29, 1.82) is 0 Å². The molecule has 0 unspecified atom stereocenters. The fourth-order valence-electron chi connectivity index (χ4n) is 1.06. The lowest BCUT2D eigenvalue weighted by atomic mass is 9.99. The van der Waals surface area contributed by atoms with E-state index >= 15 is 0 Å². The van der Waals surface area contributed by atoms with E-state index in [2.05, 4.69) is 0 Å². The van der Waals surface area contributed by atoms with Gasteiger partial charge in [0.05, 0.1) is 10.8 Å². The van der Waals surface area contributed by atoms with Crippen molar-refractivity contribution < 1.29 is 0 Å². The molecule has 1 saturated carbocycles. The van der Waals surface area contributed by atoms with Gasteiger partial charge in [0, 0.05) is 0 Å². The Morgan fingerprint density at radius 2 is 1.40 bits per heavy atom. The van der Waals surface area contributed by atoms with Crippen molar-refractivity contribution in [2.45, 2.75) is 34.3 Å². The van der Waals surface area contributed by atoms with Crippen molar-refractivity contribution in [1.82, 2.24) is 0 Å². The van der Waals surface area contributed by atoms with E-state index in [1.807, 2.05) is 0 Å². The highest BCUT2D eigenvalue weighted by atomic mass is 35.5. The number of hydrogen-bond donors (Lipinski definition) is 0. The Balaban J connectivity index is 2.63. The quantitative estimate of drug-likeness (QED) is 0.549. The van der Waals surface area contributed by atoms with Crippen LogP contribution in [-0.4, -0.2) is 15.1 Å². The summed E-state index contributed by atoms with van der Waals surface area (Å²) in [5.41, 5.74) is 0. The lowest BCUT2D eigenvalue weighted by Gasteiger charge is -2.34. The summed E-state index contributed by atoms with van der Waals surface area (Å²) in [5.74, 6) is 0. The van der Waals surface area contributed by atoms with Crippen LogP contribution in [0.5, 0.6) is 0 Å². The van der Waals surface area contributed by atoms with E-state index in [0.717, 1.165) is 19.3 Å². The molecule has 0 N–H and O–H groups in total. The van der Waals surface area contributed by atoms with Crippen LogP contribution in [0.25, 0.3) is 0 Å². The summed E-state index contributed by atoms with van der Waals surface area (Å²) in [6.45, 7) is 0. The summed E-state index contributed by atoms with van der Waals surface area (Å²) in [6.07, 6.45) is 2.74. The maximum absolute atomic E-state index is 5.87. The fourth-order valence-corrected chi connectivity index (χ4v) is 2.17. The van der Waals surface area contributed by atoms with Crippen LogP contribution in [-0.2, 0) is 0 Å². The molecule has 0 spiro atoms. The fraction of sp³-hybridized carbons (Fsp3) is 1.00. The SMILES string of the molecule is Cl[C@H]1CCC[C@H](Cl)C1(Cl)Cl. The molecule has 1 fully saturated rings. The maximum atomic E-state index is 5.87. The Labute approximate surface area is 80.8 Å². The van der Waals surface area contributed by atoms with Gasteiger partial charge >= 0.3 is 0 Å². The number of hydrogen-bond acceptors (Lipinski definition) is 0. The van der Waals surface area contributed by atoms with Crippen molar-refractivity contribution in [2.75, 3.05) is 0 Å². The summed E-state index contributed by atoms with van der Waals surface area (Å²) < 4.78 is -0.929. The van der Waals surface area contributed by atoms with Gasteiger partial charge in [0.15, 0.2) is 4.33 Å². The Kier molecular flexibility index (Phi) is 3.02. The molecule has 2 atom stereocenters. The molecule has 0 aromatic rings. The molecule has 1 aliphatic rings. The lowest BCUT2D eigenvalue weighted by Crippen LogP contribution is -2.39. The monoisotopic (exact) mass is 220 g/mol. The van der Waals surface area contributed by atoms with Crippen molar-refractivity contribution in [3.63, 3.8) is 0 Å². The minimum atomic E-state index is -0.929. The number of alkyl halides is 4. The van der Waals surface area contributed by atoms with E-state index in [0.29, 0.717) is 0 Å². The summed E-state index contributed by atoms with van der Waals surface area (Å²) >= 11 is 23.5. The third kappa shape index (κ3) is 1.66. The molecule has 0 aliphatic heterocycles. The highest BCUT2D eigenvalue weighted by Gasteiger charge is 2.43. The van der Waals surface area contributed by atoms with Gasteiger partial charge in [0.25, 0.3) is 0 Å². The van der Waals surface area contributed by atoms with E-state index in [4.69, 9.17) is 46.4 Å². The Hall–Kier alpha value is 1.16. The third-order valence-electron chi connectivity index (χ3n) is 1.75. The van der Waals surface area contributed by atoms with Crippen LogP contribution in [0.3, 0.4) is 0 Å². The first kappa shape index (κ1) is 9.25. The van der Waals surface area contributed by atoms with Crippen LogP contribution in [0.1, 0.15) is 19.3 Å². The average molecular weight is 222 g/mol. The predicted molar refractivity (Wildman–Crippen MR) is 47.6 cm³/mol. The van der Waals surface area contributed by atoms with Crippen molar-refractivity contribution >= 4 is 46.4 Å². The van der Waals surface area contributed by atoms with E-state index in [1.54, 1.807) is 0 Å². The van der Waals surface area contributed by atoms with Gasteiger partial charge in [-0.2, -0.15) is 0 Å². The third-order valence-corrected chi connectivity index (χ3v) is 4.38. The molecule has 0 aromatic carbocycles. The smallest absolute Gasteiger partial charge is 0.120 e. The molecule has 1 rings (SSSR count). The molecular weight excluding hydrogens is 214 g/mol. The first-order valence-electron chi connectivity index (χ1n) is 3.21. The molecule has 60 valence electrons. The van der Waals surface area contributed by atoms with Gasteiger partial charge in [-0.1, -0.05) is 29.6 Å². The topological polar surface area (TPSA) is 0 Å². The molecule has 1 aliphatic carbocycles. The summed E-state index contributed by atoms with van der Waals surface area (Å²) in [7, 11) is 0. The average Bonchev–Trinajstić information content (AvgIpc) is 1.84. The highest BCUT2D eigenvalue weighted by Crippen LogP contribution is 2.43. The van der Waals surface area contributed by atoms with Gasteiger partial charge < -0.3 is 0 Å². The van der Waals surface area contributed by atoms with Crippen LogP contribution < -0.4 is 0 Å². The van der Waals surface area contributed by atoms with Gasteiger partial charge in [-0.05, 0) is 12.8 Å². The van der Waals surface area contributed by atoms with E-state index in [1.165, 1.54) is 0 Å². The van der Waals surface area contributed by atoms with Gasteiger partial charge in [-0.15, -0.1) is 23.2 Å². The van der Waals surface area contributed by atoms with Gasteiger partial charge in [0.1, 0.15) is 0 Å². The second kappa shape index (κ2) is 3.26. The lowest BCUT2D eigenvalue weighted by molar-refractivity contribution is 0.492. The van der Waals surface area contributed by atoms with E-state index in [9.17, 15) is 0 Å². The second-order valence-corrected chi connectivity index (χ2v) is 5.04. The zero-order valence-corrected chi connectivity index (χ0v) is 8.31. The largest absolute Gasteiger partial charge is 0.150 e. The minimum Gasteiger partial charge on any atom is -0.120 e. The molecule has 10 heavy (non-hydrogen) atoms. The molecule has 4 heteroatoms. The molecule has 0 heterocycles. The van der Waals surface area contributed by atoms with Gasteiger partial charge in [-0.3, -0.25) is 0 Å². The number of halogens is 4. The molecular formula is C6H8Cl4. The van der Waals surface area contributed by atoms with Crippen molar-refractivity contribution in [3.05, 3.63) is 0 Å². The predicted octanol–water partition coefficient (Wildman–Crippen LogP) is 3.56. The molecule has 0 nitrogen and oxygen atoms in total. The number of rotatable bonds is 0. The molecule has 0 radical (unpaired) electrons. The Morgan fingerprint density at radius 3 is 1.70 bits per heavy atom. The van der Waals surface area contributed by atoms with Crippen LogP contribution in [0.2, 0.25) is 0 Å². The van der Waals surface area contributed by atoms with Crippen LogP contribution in [0.4, 0.5) is 0 Å². The van der Waals surface area contributed by atoms with Crippen LogP contribution in [0.15, 0.2) is 0 Å². The molecule has 0 bridgehead atoms. The first-order chi connectivity index (χ1) is 4.55. The molecule has 0 amide bonds. The molecule has 0 aromatic heterocycles. The minimum absolute atomic E-state index is 0.202. The summed E-state index contributed by atoms with van der Waals surface area (Å²) in [4.78, 5) is 0. The normalized spacial score (nSPS) is 39.6. The second-order valence-electron chi connectivity index (χ2n) is 2.54. The zero-order valence-electron chi connectivity index (χ0n) is 5.29. The zero-order chi connectivity index (χ0) is 7.78. The highest BCUT2D eigenvalue weighted by molar-refractivity contribution is 6.55. The summed E-state index contributed by atoms with van der Waals surface area (Å²) in [5, 5.41) is -0.404. The van der Waals surface area contributed by atoms with Crippen LogP contribution in [0, 0.1) is 0 Å². The molecule has 0 saturated heterocycles. The Bertz CT molecular complexity index is 111. The maximum Gasteiger partial charge on any atom is 0.150 e. The van der Waals surface area contributed by atoms with Gasteiger partial charge in [-0.25, -0.2) is 0 Å². The standard InChI is InChI=1S/C6H8Cl4/c7-4-2-1-3-5(8)6(4,9)10/h4-5H,1-3H2/t4-,5-/m0/s1. The summed E-state index contributed by atoms with van der Waals surface area (Å²) in [6, 6.07) is 0. The van der Waals surface area contributed by atoms with E-state index in [-0.39, 0.29) is 10.8 Å². The van der Waals surface area contributed by atoms with Crippen molar-refractivity contribution in [2.24, 2.45) is 0 Å². The van der Waals surface area contributed by atoms with Crippen molar-refractivity contribution in [3.8, 4) is 0 Å². The van der Waals surface area contributed by atoms with Gasteiger partial charge in [0.2, 0.25) is 0 Å². The van der Waals surface area contributed by atoms with Crippen LogP contribution >= 0.6 is 46.4 Å². The first-order valence-corrected chi connectivity index (χ1v) is 4.84. The Morgan fingerprint density at radius 1 is 1.00 bits per heavy atom. The van der Waals surface area contributed by atoms with E-state index < -0.39 is 4.33 Å².